The first kappa shape index (κ1) is 12.3. The second-order valence-corrected chi connectivity index (χ2v) is 2.60. The van der Waals surface area contributed by atoms with E-state index in [1.807, 2.05) is 19.9 Å². The summed E-state index contributed by atoms with van der Waals surface area (Å²) >= 11 is 0. The highest BCUT2D eigenvalue weighted by Gasteiger charge is 1.94. The van der Waals surface area contributed by atoms with Gasteiger partial charge >= 0.3 is 5.97 Å². The lowest BCUT2D eigenvalue weighted by Gasteiger charge is -1.91. The fraction of sp³-hybridized carbons (Fsp3) is 0.417. The van der Waals surface area contributed by atoms with E-state index in [4.69, 9.17) is 0 Å². The molecule has 0 spiro atoms. The Morgan fingerprint density at radius 3 is 2.71 bits per heavy atom. The van der Waals surface area contributed by atoms with Crippen LogP contribution < -0.4 is 0 Å². The van der Waals surface area contributed by atoms with Crippen LogP contribution in [0.15, 0.2) is 11.6 Å². The molecule has 0 aromatic rings. The van der Waals surface area contributed by atoms with Gasteiger partial charge in [-0.05, 0) is 31.3 Å². The minimum Gasteiger partial charge on any atom is -0.469 e. The molecule has 0 heterocycles. The molecule has 0 rings (SSSR count). The fourth-order valence-corrected chi connectivity index (χ4v) is 0.575. The Morgan fingerprint density at radius 2 is 2.14 bits per heavy atom. The van der Waals surface area contributed by atoms with Gasteiger partial charge in [0, 0.05) is 6.42 Å². The van der Waals surface area contributed by atoms with E-state index in [2.05, 4.69) is 28.4 Å². The van der Waals surface area contributed by atoms with E-state index in [0.717, 1.165) is 5.57 Å². The minimum absolute atomic E-state index is 0.239. The predicted octanol–water partition coefficient (Wildman–Crippen LogP) is 1.91. The summed E-state index contributed by atoms with van der Waals surface area (Å²) in [5.41, 5.74) is 0.993. The molecule has 0 atom stereocenters. The molecule has 0 amide bonds. The zero-order chi connectivity index (χ0) is 10.8. The maximum absolute atomic E-state index is 10.7. The van der Waals surface area contributed by atoms with Gasteiger partial charge in [0.1, 0.15) is 0 Å². The van der Waals surface area contributed by atoms with Crippen LogP contribution in [0.4, 0.5) is 0 Å². The summed E-state index contributed by atoms with van der Waals surface area (Å²) in [5.74, 6) is 10.8. The lowest BCUT2D eigenvalue weighted by atomic mass is 10.3. The molecule has 74 valence electrons. The number of allylic oxidation sites excluding steroid dienone is 2. The second kappa shape index (κ2) is 7.95. The molecular weight excluding hydrogens is 176 g/mol. The first-order chi connectivity index (χ1) is 6.70. The number of carbonyl (C=O) groups excluding carboxylic acids is 1. The Hall–Kier alpha value is -1.67. The Balaban J connectivity index is 3.83. The number of carbonyl (C=O) groups is 1. The molecule has 0 unspecified atom stereocenters. The molecule has 2 heteroatoms. The number of ether oxygens (including phenoxy) is 1. The molecular formula is C12H14O2. The Kier molecular flexibility index (Phi) is 7.00. The van der Waals surface area contributed by atoms with E-state index < -0.39 is 0 Å². The van der Waals surface area contributed by atoms with Crippen LogP contribution in [0.3, 0.4) is 0 Å². The van der Waals surface area contributed by atoms with Gasteiger partial charge in [-0.15, -0.1) is 0 Å². The molecule has 0 aromatic carbocycles. The third-order valence-electron chi connectivity index (χ3n) is 1.53. The largest absolute Gasteiger partial charge is 0.469 e. The molecule has 0 N–H and O–H groups in total. The van der Waals surface area contributed by atoms with Crippen molar-refractivity contribution in [3.8, 4) is 23.7 Å². The monoisotopic (exact) mass is 190 g/mol. The molecule has 0 bridgehead atoms. The van der Waals surface area contributed by atoms with Crippen LogP contribution >= 0.6 is 0 Å². The summed E-state index contributed by atoms with van der Waals surface area (Å²) in [6, 6.07) is 0. The van der Waals surface area contributed by atoms with Crippen molar-refractivity contribution in [3.05, 3.63) is 11.6 Å². The summed E-state index contributed by atoms with van der Waals surface area (Å²) < 4.78 is 4.46. The van der Waals surface area contributed by atoms with Crippen LogP contribution in [-0.4, -0.2) is 13.1 Å². The van der Waals surface area contributed by atoms with Crippen LogP contribution in [0.1, 0.15) is 26.7 Å². The van der Waals surface area contributed by atoms with Crippen LogP contribution in [0.5, 0.6) is 0 Å². The van der Waals surface area contributed by atoms with Crippen molar-refractivity contribution in [2.24, 2.45) is 0 Å². The molecule has 0 aliphatic heterocycles. The van der Waals surface area contributed by atoms with Gasteiger partial charge in [-0.25, -0.2) is 0 Å². The average Bonchev–Trinajstić information content (AvgIpc) is 2.22. The number of hydrogen-bond acceptors (Lipinski definition) is 2. The van der Waals surface area contributed by atoms with Crippen molar-refractivity contribution < 1.29 is 9.53 Å². The van der Waals surface area contributed by atoms with Crippen molar-refractivity contribution in [2.75, 3.05) is 7.11 Å². The van der Waals surface area contributed by atoms with Gasteiger partial charge in [0.05, 0.1) is 13.5 Å². The zero-order valence-corrected chi connectivity index (χ0v) is 8.81. The third kappa shape index (κ3) is 7.00. The third-order valence-corrected chi connectivity index (χ3v) is 1.53. The first-order valence-electron chi connectivity index (χ1n) is 4.39. The molecule has 0 aliphatic carbocycles. The molecule has 14 heavy (non-hydrogen) atoms. The van der Waals surface area contributed by atoms with Crippen LogP contribution in [0.2, 0.25) is 0 Å². The highest BCUT2D eigenvalue weighted by atomic mass is 16.5. The van der Waals surface area contributed by atoms with Crippen molar-refractivity contribution in [2.45, 2.75) is 26.7 Å². The highest BCUT2D eigenvalue weighted by molar-refractivity contribution is 5.69. The molecule has 0 saturated carbocycles. The van der Waals surface area contributed by atoms with Gasteiger partial charge in [-0.3, -0.25) is 4.79 Å². The molecule has 0 saturated heterocycles. The summed E-state index contributed by atoms with van der Waals surface area (Å²) in [7, 11) is 1.37. The molecule has 2 nitrogen and oxygen atoms in total. The van der Waals surface area contributed by atoms with E-state index in [1.54, 1.807) is 0 Å². The van der Waals surface area contributed by atoms with E-state index in [9.17, 15) is 4.79 Å². The summed E-state index contributed by atoms with van der Waals surface area (Å²) in [5, 5.41) is 0. The van der Waals surface area contributed by atoms with Crippen molar-refractivity contribution >= 4 is 5.97 Å². The van der Waals surface area contributed by atoms with Crippen molar-refractivity contribution in [3.63, 3.8) is 0 Å². The standard InChI is InChI=1S/C12H14O2/c1-4-11(2)9-7-5-6-8-10-12(13)14-3/h4H,8,10H2,1-3H3. The highest BCUT2D eigenvalue weighted by Crippen LogP contribution is 1.89. The number of rotatable bonds is 2. The maximum Gasteiger partial charge on any atom is 0.306 e. The van der Waals surface area contributed by atoms with Gasteiger partial charge in [0.25, 0.3) is 0 Å². The SMILES string of the molecule is CC=C(C)C#CC#CCCC(=O)OC. The summed E-state index contributed by atoms with van der Waals surface area (Å²) in [4.78, 5) is 10.7. The Morgan fingerprint density at radius 1 is 1.43 bits per heavy atom. The first-order valence-corrected chi connectivity index (χ1v) is 4.39. The molecule has 0 radical (unpaired) electrons. The average molecular weight is 190 g/mol. The minimum atomic E-state index is -0.239. The molecule has 0 aliphatic rings. The quantitative estimate of drug-likeness (QED) is 0.491. The van der Waals surface area contributed by atoms with Crippen LogP contribution in [-0.2, 0) is 9.53 Å². The smallest absolute Gasteiger partial charge is 0.306 e. The van der Waals surface area contributed by atoms with Gasteiger partial charge < -0.3 is 4.74 Å². The topological polar surface area (TPSA) is 26.3 Å². The van der Waals surface area contributed by atoms with E-state index in [-0.39, 0.29) is 5.97 Å². The Bertz CT molecular complexity index is 329. The predicted molar refractivity (Wildman–Crippen MR) is 56.2 cm³/mol. The van der Waals surface area contributed by atoms with Gasteiger partial charge in [-0.1, -0.05) is 17.9 Å². The fourth-order valence-electron chi connectivity index (χ4n) is 0.575. The zero-order valence-electron chi connectivity index (χ0n) is 8.81. The van der Waals surface area contributed by atoms with Crippen molar-refractivity contribution in [1.29, 1.82) is 0 Å². The van der Waals surface area contributed by atoms with E-state index in [1.165, 1.54) is 7.11 Å². The lowest BCUT2D eigenvalue weighted by molar-refractivity contribution is -0.140. The normalized spacial score (nSPS) is 9.21. The molecule has 0 fully saturated rings. The lowest BCUT2D eigenvalue weighted by Crippen LogP contribution is -1.97. The second-order valence-electron chi connectivity index (χ2n) is 2.60. The van der Waals surface area contributed by atoms with Gasteiger partial charge in [0.15, 0.2) is 0 Å². The Labute approximate surface area is 85.3 Å². The van der Waals surface area contributed by atoms with Gasteiger partial charge in [-0.2, -0.15) is 0 Å². The number of esters is 1. The van der Waals surface area contributed by atoms with E-state index >= 15 is 0 Å². The van der Waals surface area contributed by atoms with Gasteiger partial charge in [0.2, 0.25) is 0 Å². The maximum atomic E-state index is 10.7. The number of methoxy groups -OCH3 is 1. The van der Waals surface area contributed by atoms with Crippen LogP contribution in [0.25, 0.3) is 0 Å². The van der Waals surface area contributed by atoms with Crippen LogP contribution in [0, 0.1) is 23.7 Å². The number of hydrogen-bond donors (Lipinski definition) is 0. The van der Waals surface area contributed by atoms with E-state index in [0.29, 0.717) is 12.8 Å². The summed E-state index contributed by atoms with van der Waals surface area (Å²) in [6.07, 6.45) is 2.74. The summed E-state index contributed by atoms with van der Waals surface area (Å²) in [6.45, 7) is 3.85. The molecule has 0 aromatic heterocycles. The van der Waals surface area contributed by atoms with Crippen molar-refractivity contribution in [1.82, 2.24) is 0 Å².